The Kier molecular flexibility index (Phi) is 5.89. The lowest BCUT2D eigenvalue weighted by Gasteiger charge is -2.16. The fourth-order valence-corrected chi connectivity index (χ4v) is 2.76. The largest absolute Gasteiger partial charge is 0.370 e. The van der Waals surface area contributed by atoms with Gasteiger partial charge in [0.05, 0.1) is 6.20 Å². The van der Waals surface area contributed by atoms with Gasteiger partial charge in [0, 0.05) is 25.8 Å². The molecule has 0 aromatic carbocycles. The van der Waals surface area contributed by atoms with E-state index in [-0.39, 0.29) is 0 Å². The minimum Gasteiger partial charge on any atom is -0.370 e. The van der Waals surface area contributed by atoms with Gasteiger partial charge in [0.15, 0.2) is 5.96 Å². The molecule has 0 aliphatic heterocycles. The molecule has 0 saturated heterocycles. The molecular formula is C15H27N5. The van der Waals surface area contributed by atoms with E-state index in [9.17, 15) is 0 Å². The highest BCUT2D eigenvalue weighted by molar-refractivity contribution is 5.78. The number of nitrogens with zero attached hydrogens (tertiary/aromatic N) is 3. The van der Waals surface area contributed by atoms with Gasteiger partial charge in [-0.05, 0) is 31.2 Å². The Hall–Kier alpha value is -1.52. The molecule has 1 aromatic rings. The Labute approximate surface area is 121 Å². The van der Waals surface area contributed by atoms with Crippen LogP contribution in [0.2, 0.25) is 0 Å². The SMILES string of the molecule is Cn1cc(CCCN=C(N)NC2CCCCCC2)cn1. The van der Waals surface area contributed by atoms with Crippen molar-refractivity contribution in [3.8, 4) is 0 Å². The van der Waals surface area contributed by atoms with Crippen molar-refractivity contribution in [1.29, 1.82) is 0 Å². The number of nitrogens with two attached hydrogens (primary N) is 1. The van der Waals surface area contributed by atoms with Crippen molar-refractivity contribution in [2.45, 2.75) is 57.4 Å². The zero-order valence-electron chi connectivity index (χ0n) is 12.5. The van der Waals surface area contributed by atoms with Crippen LogP contribution in [0.15, 0.2) is 17.4 Å². The quantitative estimate of drug-likeness (QED) is 0.374. The van der Waals surface area contributed by atoms with E-state index in [1.54, 1.807) is 0 Å². The summed E-state index contributed by atoms with van der Waals surface area (Å²) in [5.74, 6) is 0.614. The van der Waals surface area contributed by atoms with Crippen LogP contribution in [0.5, 0.6) is 0 Å². The maximum atomic E-state index is 5.96. The van der Waals surface area contributed by atoms with E-state index in [0.29, 0.717) is 12.0 Å². The number of aryl methyl sites for hydroxylation is 2. The maximum absolute atomic E-state index is 5.96. The first kappa shape index (κ1) is 14.9. The van der Waals surface area contributed by atoms with Crippen molar-refractivity contribution in [2.75, 3.05) is 6.54 Å². The summed E-state index contributed by atoms with van der Waals surface area (Å²) in [5, 5.41) is 7.53. The van der Waals surface area contributed by atoms with Crippen LogP contribution in [0.4, 0.5) is 0 Å². The topological polar surface area (TPSA) is 68.2 Å². The number of hydrogen-bond donors (Lipinski definition) is 2. The second-order valence-corrected chi connectivity index (χ2v) is 5.73. The number of hydrogen-bond acceptors (Lipinski definition) is 2. The molecule has 1 aliphatic carbocycles. The van der Waals surface area contributed by atoms with Crippen molar-refractivity contribution < 1.29 is 0 Å². The van der Waals surface area contributed by atoms with Crippen LogP contribution in [0.25, 0.3) is 0 Å². The summed E-state index contributed by atoms with van der Waals surface area (Å²) in [4.78, 5) is 4.43. The number of nitrogens with one attached hydrogen (secondary N) is 1. The van der Waals surface area contributed by atoms with Gasteiger partial charge in [-0.25, -0.2) is 0 Å². The van der Waals surface area contributed by atoms with Crippen LogP contribution in [0.3, 0.4) is 0 Å². The summed E-state index contributed by atoms with van der Waals surface area (Å²) < 4.78 is 1.83. The summed E-state index contributed by atoms with van der Waals surface area (Å²) in [5.41, 5.74) is 7.22. The Bertz CT molecular complexity index is 416. The monoisotopic (exact) mass is 277 g/mol. The van der Waals surface area contributed by atoms with Crippen molar-refractivity contribution >= 4 is 5.96 Å². The highest BCUT2D eigenvalue weighted by atomic mass is 15.2. The molecule has 1 heterocycles. The van der Waals surface area contributed by atoms with Crippen molar-refractivity contribution in [3.05, 3.63) is 18.0 Å². The number of rotatable bonds is 5. The van der Waals surface area contributed by atoms with Crippen LogP contribution in [-0.4, -0.2) is 28.3 Å². The lowest BCUT2D eigenvalue weighted by molar-refractivity contribution is 0.530. The fraction of sp³-hybridized carbons (Fsp3) is 0.733. The molecule has 1 aromatic heterocycles. The Morgan fingerprint density at radius 3 is 2.80 bits per heavy atom. The third kappa shape index (κ3) is 5.23. The zero-order chi connectivity index (χ0) is 14.2. The van der Waals surface area contributed by atoms with Gasteiger partial charge in [0.1, 0.15) is 0 Å². The van der Waals surface area contributed by atoms with Crippen molar-refractivity contribution in [2.24, 2.45) is 17.8 Å². The van der Waals surface area contributed by atoms with Crippen LogP contribution in [0, 0.1) is 0 Å². The maximum Gasteiger partial charge on any atom is 0.188 e. The molecule has 0 radical (unpaired) electrons. The summed E-state index contributed by atoms with van der Waals surface area (Å²) in [7, 11) is 1.94. The van der Waals surface area contributed by atoms with Gasteiger partial charge < -0.3 is 11.1 Å². The van der Waals surface area contributed by atoms with E-state index in [2.05, 4.69) is 21.6 Å². The molecule has 1 fully saturated rings. The molecule has 5 nitrogen and oxygen atoms in total. The van der Waals surface area contributed by atoms with Gasteiger partial charge in [-0.15, -0.1) is 0 Å². The second kappa shape index (κ2) is 7.92. The first-order valence-corrected chi connectivity index (χ1v) is 7.78. The van der Waals surface area contributed by atoms with E-state index >= 15 is 0 Å². The molecule has 1 saturated carbocycles. The predicted octanol–water partition coefficient (Wildman–Crippen LogP) is 1.98. The standard InChI is InChI=1S/C15H27N5/c1-20-12-13(11-18-20)7-6-10-17-15(16)19-14-8-4-2-3-5-9-14/h11-12,14H,2-10H2,1H3,(H3,16,17,19). The molecule has 2 rings (SSSR count). The summed E-state index contributed by atoms with van der Waals surface area (Å²) in [6.07, 6.45) is 13.8. The molecule has 0 amide bonds. The number of guanidine groups is 1. The predicted molar refractivity (Wildman–Crippen MR) is 82.6 cm³/mol. The molecule has 0 atom stereocenters. The van der Waals surface area contributed by atoms with Gasteiger partial charge in [-0.2, -0.15) is 5.10 Å². The average Bonchev–Trinajstić information content (AvgIpc) is 2.68. The Morgan fingerprint density at radius 2 is 2.15 bits per heavy atom. The van der Waals surface area contributed by atoms with Gasteiger partial charge in [-0.3, -0.25) is 9.67 Å². The molecule has 5 heteroatoms. The van der Waals surface area contributed by atoms with E-state index in [0.717, 1.165) is 19.4 Å². The van der Waals surface area contributed by atoms with Crippen molar-refractivity contribution in [3.63, 3.8) is 0 Å². The smallest absolute Gasteiger partial charge is 0.188 e. The second-order valence-electron chi connectivity index (χ2n) is 5.73. The van der Waals surface area contributed by atoms with E-state index in [1.165, 1.54) is 44.1 Å². The molecule has 0 unspecified atom stereocenters. The van der Waals surface area contributed by atoms with Crippen LogP contribution in [-0.2, 0) is 13.5 Å². The van der Waals surface area contributed by atoms with Gasteiger partial charge in [0.2, 0.25) is 0 Å². The van der Waals surface area contributed by atoms with Gasteiger partial charge >= 0.3 is 0 Å². The molecule has 20 heavy (non-hydrogen) atoms. The average molecular weight is 277 g/mol. The molecule has 1 aliphatic rings. The highest BCUT2D eigenvalue weighted by Gasteiger charge is 2.11. The van der Waals surface area contributed by atoms with E-state index < -0.39 is 0 Å². The highest BCUT2D eigenvalue weighted by Crippen LogP contribution is 2.16. The van der Waals surface area contributed by atoms with E-state index in [1.807, 2.05) is 17.9 Å². The fourth-order valence-electron chi connectivity index (χ4n) is 2.76. The molecule has 0 bridgehead atoms. The van der Waals surface area contributed by atoms with Crippen LogP contribution in [0.1, 0.15) is 50.5 Å². The van der Waals surface area contributed by atoms with Crippen LogP contribution < -0.4 is 11.1 Å². The van der Waals surface area contributed by atoms with Crippen molar-refractivity contribution in [1.82, 2.24) is 15.1 Å². The first-order valence-electron chi connectivity index (χ1n) is 7.78. The minimum atomic E-state index is 0.527. The van der Waals surface area contributed by atoms with Gasteiger partial charge in [-0.1, -0.05) is 25.7 Å². The van der Waals surface area contributed by atoms with Gasteiger partial charge in [0.25, 0.3) is 0 Å². The lowest BCUT2D eigenvalue weighted by Crippen LogP contribution is -2.39. The van der Waals surface area contributed by atoms with Crippen LogP contribution >= 0.6 is 0 Å². The molecule has 0 spiro atoms. The summed E-state index contributed by atoms with van der Waals surface area (Å²) in [6.45, 7) is 0.778. The number of aliphatic imine (C=N–C) groups is 1. The normalized spacial score (nSPS) is 17.9. The number of aromatic nitrogens is 2. The zero-order valence-corrected chi connectivity index (χ0v) is 12.5. The first-order chi connectivity index (χ1) is 9.74. The Morgan fingerprint density at radius 1 is 1.40 bits per heavy atom. The summed E-state index contributed by atoms with van der Waals surface area (Å²) in [6, 6.07) is 0.527. The summed E-state index contributed by atoms with van der Waals surface area (Å²) >= 11 is 0. The Balaban J connectivity index is 1.65. The molecular weight excluding hydrogens is 250 g/mol. The third-order valence-electron chi connectivity index (χ3n) is 3.87. The minimum absolute atomic E-state index is 0.527. The molecule has 112 valence electrons. The lowest BCUT2D eigenvalue weighted by atomic mass is 10.1. The molecule has 3 N–H and O–H groups in total. The van der Waals surface area contributed by atoms with E-state index in [4.69, 9.17) is 5.73 Å². The third-order valence-corrected chi connectivity index (χ3v) is 3.87.